The van der Waals surface area contributed by atoms with E-state index >= 15 is 0 Å². The Labute approximate surface area is 99.6 Å². The minimum Gasteiger partial charge on any atom is -0.495 e. The summed E-state index contributed by atoms with van der Waals surface area (Å²) in [5.41, 5.74) is 0. The maximum atomic E-state index is 10.9. The SMILES string of the molecule is CC(C)=O.COc1ccccc1S(=O)(=O)Cl. The largest absolute Gasteiger partial charge is 0.495 e. The number of Topliss-reactive ketones (excluding diaryl/α,β-unsaturated/α-hetero) is 1. The number of methoxy groups -OCH3 is 1. The molecule has 0 saturated carbocycles. The number of hydrogen-bond acceptors (Lipinski definition) is 4. The fourth-order valence-electron chi connectivity index (χ4n) is 0.820. The fourth-order valence-corrected chi connectivity index (χ4v) is 1.84. The van der Waals surface area contributed by atoms with Gasteiger partial charge in [-0.3, -0.25) is 0 Å². The lowest BCUT2D eigenvalue weighted by molar-refractivity contribution is -0.114. The number of halogens is 1. The topological polar surface area (TPSA) is 60.4 Å². The molecular weight excluding hydrogens is 252 g/mol. The van der Waals surface area contributed by atoms with Crippen molar-refractivity contribution in [3.05, 3.63) is 24.3 Å². The summed E-state index contributed by atoms with van der Waals surface area (Å²) in [5.74, 6) is 0.424. The number of carbonyl (C=O) groups is 1. The third kappa shape index (κ3) is 5.72. The van der Waals surface area contributed by atoms with Crippen LogP contribution in [0.3, 0.4) is 0 Å². The quantitative estimate of drug-likeness (QED) is 0.769. The number of hydrogen-bond donors (Lipinski definition) is 0. The second-order valence-electron chi connectivity index (χ2n) is 3.00. The first-order valence-electron chi connectivity index (χ1n) is 4.34. The van der Waals surface area contributed by atoms with Crippen molar-refractivity contribution in [3.63, 3.8) is 0 Å². The smallest absolute Gasteiger partial charge is 0.264 e. The van der Waals surface area contributed by atoms with Gasteiger partial charge >= 0.3 is 0 Å². The number of ketones is 1. The maximum Gasteiger partial charge on any atom is 0.264 e. The molecular formula is C10H13ClO4S. The van der Waals surface area contributed by atoms with Gasteiger partial charge in [-0.1, -0.05) is 12.1 Å². The summed E-state index contributed by atoms with van der Waals surface area (Å²) in [6.07, 6.45) is 0. The molecule has 0 fully saturated rings. The summed E-state index contributed by atoms with van der Waals surface area (Å²) < 4.78 is 26.6. The molecule has 0 aliphatic rings. The molecule has 1 rings (SSSR count). The molecule has 90 valence electrons. The molecule has 0 heterocycles. The highest BCUT2D eigenvalue weighted by Gasteiger charge is 2.14. The zero-order valence-electron chi connectivity index (χ0n) is 9.23. The molecule has 6 heteroatoms. The van der Waals surface area contributed by atoms with Crippen molar-refractivity contribution in [3.8, 4) is 5.75 Å². The standard InChI is InChI=1S/C7H7ClO3S.C3H6O/c1-11-6-4-2-3-5-7(6)12(8,9)10;1-3(2)4/h2-5H,1H3;1-2H3. The number of rotatable bonds is 2. The first kappa shape index (κ1) is 14.9. The highest BCUT2D eigenvalue weighted by atomic mass is 35.7. The molecule has 0 N–H and O–H groups in total. The van der Waals surface area contributed by atoms with Crippen LogP contribution in [0.25, 0.3) is 0 Å². The van der Waals surface area contributed by atoms with Crippen molar-refractivity contribution >= 4 is 25.5 Å². The lowest BCUT2D eigenvalue weighted by Gasteiger charge is -2.03. The van der Waals surface area contributed by atoms with Gasteiger partial charge in [0.1, 0.15) is 16.4 Å². The molecule has 1 aromatic carbocycles. The summed E-state index contributed by atoms with van der Waals surface area (Å²) in [7, 11) is 2.83. The van der Waals surface area contributed by atoms with Crippen LogP contribution in [0, 0.1) is 0 Å². The molecule has 4 nitrogen and oxygen atoms in total. The Bertz CT molecular complexity index is 450. The van der Waals surface area contributed by atoms with E-state index in [1.807, 2.05) is 0 Å². The monoisotopic (exact) mass is 264 g/mol. The summed E-state index contributed by atoms with van der Waals surface area (Å²) in [6, 6.07) is 6.18. The average Bonchev–Trinajstić information content (AvgIpc) is 2.15. The van der Waals surface area contributed by atoms with Gasteiger partial charge in [-0.15, -0.1) is 0 Å². The summed E-state index contributed by atoms with van der Waals surface area (Å²) in [6.45, 7) is 3.06. The maximum absolute atomic E-state index is 10.9. The second-order valence-corrected chi connectivity index (χ2v) is 5.53. The van der Waals surface area contributed by atoms with Crippen LogP contribution in [0.1, 0.15) is 13.8 Å². The molecule has 1 aromatic rings. The molecule has 0 aliphatic heterocycles. The van der Waals surface area contributed by atoms with E-state index in [0.717, 1.165) is 0 Å². The van der Waals surface area contributed by atoms with Crippen LogP contribution in [-0.2, 0) is 13.8 Å². The van der Waals surface area contributed by atoms with Crippen molar-refractivity contribution < 1.29 is 17.9 Å². The summed E-state index contributed by atoms with van der Waals surface area (Å²) in [5, 5.41) is 0. The average molecular weight is 265 g/mol. The van der Waals surface area contributed by atoms with E-state index in [0.29, 0.717) is 0 Å². The lowest BCUT2D eigenvalue weighted by atomic mass is 10.3. The molecule has 0 aliphatic carbocycles. The Balaban J connectivity index is 0.000000487. The van der Waals surface area contributed by atoms with Crippen molar-refractivity contribution in [2.45, 2.75) is 18.7 Å². The van der Waals surface area contributed by atoms with E-state index < -0.39 is 9.05 Å². The predicted octanol–water partition coefficient (Wildman–Crippen LogP) is 2.22. The van der Waals surface area contributed by atoms with Crippen molar-refractivity contribution in [1.29, 1.82) is 0 Å². The Hall–Kier alpha value is -1.07. The highest BCUT2D eigenvalue weighted by Crippen LogP contribution is 2.25. The van der Waals surface area contributed by atoms with Gasteiger partial charge in [0.15, 0.2) is 0 Å². The predicted molar refractivity (Wildman–Crippen MR) is 62.4 cm³/mol. The van der Waals surface area contributed by atoms with Gasteiger partial charge in [0.25, 0.3) is 9.05 Å². The van der Waals surface area contributed by atoms with Crippen LogP contribution < -0.4 is 4.74 Å². The molecule has 16 heavy (non-hydrogen) atoms. The van der Waals surface area contributed by atoms with E-state index in [2.05, 4.69) is 0 Å². The Morgan fingerprint density at radius 2 is 1.69 bits per heavy atom. The normalized spacial score (nSPS) is 10.0. The molecule has 0 unspecified atom stereocenters. The van der Waals surface area contributed by atoms with Crippen molar-refractivity contribution in [1.82, 2.24) is 0 Å². The van der Waals surface area contributed by atoms with Crippen LogP contribution in [0.5, 0.6) is 5.75 Å². The Morgan fingerprint density at radius 3 is 2.00 bits per heavy atom. The van der Waals surface area contributed by atoms with Gasteiger partial charge in [-0.2, -0.15) is 0 Å². The summed E-state index contributed by atoms with van der Waals surface area (Å²) >= 11 is 0. The van der Waals surface area contributed by atoms with Gasteiger partial charge in [-0.05, 0) is 26.0 Å². The van der Waals surface area contributed by atoms with Crippen LogP contribution in [0.15, 0.2) is 29.2 Å². The van der Waals surface area contributed by atoms with Crippen molar-refractivity contribution in [2.75, 3.05) is 7.11 Å². The van der Waals surface area contributed by atoms with Crippen LogP contribution in [0.2, 0.25) is 0 Å². The molecule has 0 radical (unpaired) electrons. The van der Waals surface area contributed by atoms with Crippen LogP contribution in [-0.4, -0.2) is 21.3 Å². The molecule has 0 amide bonds. The molecule has 0 atom stereocenters. The molecule has 0 bridgehead atoms. The van der Waals surface area contributed by atoms with Crippen molar-refractivity contribution in [2.24, 2.45) is 0 Å². The number of benzene rings is 1. The lowest BCUT2D eigenvalue weighted by Crippen LogP contribution is -1.94. The van der Waals surface area contributed by atoms with Crippen LogP contribution >= 0.6 is 10.7 Å². The van der Waals surface area contributed by atoms with Crippen LogP contribution in [0.4, 0.5) is 0 Å². The Kier molecular flexibility index (Phi) is 6.06. The first-order chi connectivity index (χ1) is 7.29. The van der Waals surface area contributed by atoms with Gasteiger partial charge in [0.05, 0.1) is 7.11 Å². The van der Waals surface area contributed by atoms with E-state index in [1.165, 1.54) is 33.1 Å². The third-order valence-corrected chi connectivity index (χ3v) is 2.69. The minimum absolute atomic E-state index is 0.00540. The number of carbonyl (C=O) groups excluding carboxylic acids is 1. The van der Waals surface area contributed by atoms with Gasteiger partial charge < -0.3 is 9.53 Å². The third-order valence-electron chi connectivity index (χ3n) is 1.33. The Morgan fingerprint density at radius 1 is 1.25 bits per heavy atom. The minimum atomic E-state index is -3.70. The fraction of sp³-hybridized carbons (Fsp3) is 0.300. The first-order valence-corrected chi connectivity index (χ1v) is 6.64. The number of para-hydroxylation sites is 1. The van der Waals surface area contributed by atoms with E-state index in [-0.39, 0.29) is 16.4 Å². The zero-order chi connectivity index (χ0) is 12.8. The summed E-state index contributed by atoms with van der Waals surface area (Å²) in [4.78, 5) is 9.44. The van der Waals surface area contributed by atoms with E-state index in [4.69, 9.17) is 15.4 Å². The van der Waals surface area contributed by atoms with Gasteiger partial charge in [0, 0.05) is 10.7 Å². The van der Waals surface area contributed by atoms with Gasteiger partial charge in [-0.25, -0.2) is 8.42 Å². The molecule has 0 aromatic heterocycles. The molecule has 0 spiro atoms. The highest BCUT2D eigenvalue weighted by molar-refractivity contribution is 8.13. The second kappa shape index (κ2) is 6.50. The molecule has 0 saturated heterocycles. The number of ether oxygens (including phenoxy) is 1. The zero-order valence-corrected chi connectivity index (χ0v) is 10.8. The van der Waals surface area contributed by atoms with E-state index in [1.54, 1.807) is 12.1 Å². The van der Waals surface area contributed by atoms with E-state index in [9.17, 15) is 13.2 Å². The van der Waals surface area contributed by atoms with Gasteiger partial charge in [0.2, 0.25) is 0 Å².